The molecule has 1 unspecified atom stereocenters. The lowest BCUT2D eigenvalue weighted by molar-refractivity contribution is 0.0323. The van der Waals surface area contributed by atoms with Crippen molar-refractivity contribution in [2.75, 3.05) is 52.5 Å². The molecule has 68 heavy (non-hydrogen) atoms. The molecule has 0 saturated carbocycles. The van der Waals surface area contributed by atoms with Crippen LogP contribution >= 0.6 is 34.8 Å². The predicted octanol–water partition coefficient (Wildman–Crippen LogP) is 7.77. The number of ether oxygens (including phenoxy) is 2. The maximum absolute atomic E-state index is 15.0. The predicted molar refractivity (Wildman–Crippen MR) is 264 cm³/mol. The van der Waals surface area contributed by atoms with Crippen LogP contribution in [-0.2, 0) is 34.3 Å². The highest BCUT2D eigenvalue weighted by Gasteiger charge is 2.30. The van der Waals surface area contributed by atoms with E-state index in [1.807, 2.05) is 25.1 Å². The molecule has 3 heterocycles. The quantitative estimate of drug-likeness (QED) is 0.0761. The van der Waals surface area contributed by atoms with Gasteiger partial charge in [0.15, 0.2) is 11.5 Å². The van der Waals surface area contributed by atoms with E-state index in [0.717, 1.165) is 41.6 Å². The zero-order chi connectivity index (χ0) is 48.1. The third-order valence-corrected chi connectivity index (χ3v) is 14.9. The summed E-state index contributed by atoms with van der Waals surface area (Å²) < 4.78 is 43.2. The number of aromatic nitrogens is 2. The van der Waals surface area contributed by atoms with Crippen molar-refractivity contribution in [2.24, 2.45) is 5.73 Å². The molecular formula is C50H52Cl3N7O7S. The minimum absolute atomic E-state index is 0.0239. The number of rotatable bonds is 17. The minimum Gasteiger partial charge on any atom is -0.492 e. The number of nitrogens with one attached hydrogen (secondary N) is 2. The third-order valence-electron chi connectivity index (χ3n) is 12.4. The fourth-order valence-corrected chi connectivity index (χ4v) is 10.0. The van der Waals surface area contributed by atoms with Gasteiger partial charge in [0.05, 0.1) is 44.6 Å². The van der Waals surface area contributed by atoms with Gasteiger partial charge in [-0.25, -0.2) is 17.8 Å². The molecule has 1 saturated heterocycles. The van der Waals surface area contributed by atoms with Crippen LogP contribution in [0.25, 0.3) is 16.5 Å². The SMILES string of the molecule is CCCCN(Cc1ccc(Cl)c(Cl)c1)C(=O)c1nn(-c2ccc(C(=O)NS(=O)(=O)c3ccc4cccc(OCCN5CCOCC5)c4c3)cc2C(=O)c2cccc3c2CC(CN)NC3)c(C)c1Cl. The standard InChI is InChI=1S/C50H52Cl3N7O7S/c1-3-4-17-59(30-32-11-15-42(51)43(52)24-32)50(63)47-46(53)31(2)60(56-47)44-16-13-34(25-41(44)48(61)38-9-5-8-35-29-55-36(28-54)26-39(35)38)49(62)57-68(64,65)37-14-12-33-7-6-10-45(40(33)27-37)67-23-20-58-18-21-66-22-19-58/h5-16,24-25,27,36,55H,3-4,17-23,26,28-30,54H2,1-2H3,(H,57,62). The Morgan fingerprint density at radius 2 is 1.75 bits per heavy atom. The van der Waals surface area contributed by atoms with E-state index in [9.17, 15) is 18.0 Å². The summed E-state index contributed by atoms with van der Waals surface area (Å²) in [6.07, 6.45) is 2.00. The van der Waals surface area contributed by atoms with E-state index in [-0.39, 0.29) is 45.0 Å². The van der Waals surface area contributed by atoms with E-state index < -0.39 is 27.6 Å². The molecule has 4 N–H and O–H groups in total. The number of hydrogen-bond acceptors (Lipinski definition) is 11. The van der Waals surface area contributed by atoms with Crippen LogP contribution in [0.1, 0.15) is 78.9 Å². The number of unbranched alkanes of at least 4 members (excludes halogenated alkanes) is 1. The number of ketones is 1. The van der Waals surface area contributed by atoms with E-state index in [4.69, 9.17) is 55.1 Å². The summed E-state index contributed by atoms with van der Waals surface area (Å²) in [5, 5.41) is 10.3. The minimum atomic E-state index is -4.45. The molecule has 2 aliphatic heterocycles. The van der Waals surface area contributed by atoms with Crippen LogP contribution in [-0.4, -0.2) is 104 Å². The Labute approximate surface area is 410 Å². The number of morpholine rings is 1. The number of nitrogens with zero attached hydrogens (tertiary/aromatic N) is 4. The first-order chi connectivity index (χ1) is 32.8. The Morgan fingerprint density at radius 1 is 0.956 bits per heavy atom. The number of benzene rings is 5. The van der Waals surface area contributed by atoms with Crippen molar-refractivity contribution in [1.82, 2.24) is 29.6 Å². The Hall–Kier alpha value is -5.36. The maximum Gasteiger partial charge on any atom is 0.276 e. The smallest absolute Gasteiger partial charge is 0.276 e. The van der Waals surface area contributed by atoms with E-state index in [1.165, 1.54) is 35.0 Å². The van der Waals surface area contributed by atoms with E-state index >= 15 is 4.79 Å². The third kappa shape index (κ3) is 10.8. The molecule has 5 aromatic carbocycles. The lowest BCUT2D eigenvalue weighted by atomic mass is 9.87. The molecule has 0 bridgehead atoms. The van der Waals surface area contributed by atoms with Crippen molar-refractivity contribution >= 4 is 73.2 Å². The van der Waals surface area contributed by atoms with Gasteiger partial charge in [0.25, 0.3) is 21.8 Å². The molecule has 0 spiro atoms. The molecule has 18 heteroatoms. The zero-order valence-corrected chi connectivity index (χ0v) is 40.8. The first-order valence-electron chi connectivity index (χ1n) is 22.5. The molecule has 6 aromatic rings. The van der Waals surface area contributed by atoms with Gasteiger partial charge in [-0.05, 0) is 90.4 Å². The Morgan fingerprint density at radius 3 is 2.51 bits per heavy atom. The Bertz CT molecular complexity index is 3000. The summed E-state index contributed by atoms with van der Waals surface area (Å²) in [6.45, 7) is 9.15. The van der Waals surface area contributed by atoms with Crippen molar-refractivity contribution in [1.29, 1.82) is 0 Å². The molecule has 0 radical (unpaired) electrons. The molecule has 1 atom stereocenters. The van der Waals surface area contributed by atoms with Crippen LogP contribution in [0.3, 0.4) is 0 Å². The summed E-state index contributed by atoms with van der Waals surface area (Å²) in [4.78, 5) is 47.3. The molecule has 2 amide bonds. The first-order valence-corrected chi connectivity index (χ1v) is 25.1. The van der Waals surface area contributed by atoms with Crippen LogP contribution in [0.2, 0.25) is 15.1 Å². The first kappa shape index (κ1) is 49.1. The van der Waals surface area contributed by atoms with E-state index in [0.29, 0.717) is 91.3 Å². The van der Waals surface area contributed by atoms with Crippen LogP contribution in [0, 0.1) is 6.92 Å². The van der Waals surface area contributed by atoms with Crippen LogP contribution in [0.15, 0.2) is 95.9 Å². The van der Waals surface area contributed by atoms with Crippen LogP contribution in [0.5, 0.6) is 5.75 Å². The van der Waals surface area contributed by atoms with E-state index in [1.54, 1.807) is 54.3 Å². The van der Waals surface area contributed by atoms with Crippen molar-refractivity contribution in [3.8, 4) is 11.4 Å². The second-order valence-electron chi connectivity index (χ2n) is 16.9. The molecule has 0 aliphatic carbocycles. The van der Waals surface area contributed by atoms with Gasteiger partial charge in [0, 0.05) is 73.9 Å². The van der Waals surface area contributed by atoms with Gasteiger partial charge in [-0.15, -0.1) is 0 Å². The number of amides is 2. The number of hydrogen-bond donors (Lipinski definition) is 3. The number of carbonyl (C=O) groups is 3. The van der Waals surface area contributed by atoms with Gasteiger partial charge in [0.1, 0.15) is 12.4 Å². The molecule has 1 aromatic heterocycles. The number of fused-ring (bicyclic) bond motifs is 2. The van der Waals surface area contributed by atoms with Gasteiger partial charge in [-0.2, -0.15) is 5.10 Å². The molecule has 14 nitrogen and oxygen atoms in total. The zero-order valence-electron chi connectivity index (χ0n) is 37.7. The molecular weight excluding hydrogens is 949 g/mol. The number of nitrogens with two attached hydrogens (primary N) is 1. The van der Waals surface area contributed by atoms with Crippen LogP contribution < -0.4 is 20.5 Å². The second kappa shape index (κ2) is 21.5. The fourth-order valence-electron chi connectivity index (χ4n) is 8.51. The average Bonchev–Trinajstić information content (AvgIpc) is 3.65. The highest BCUT2D eigenvalue weighted by Crippen LogP contribution is 2.32. The topological polar surface area (TPSA) is 178 Å². The summed E-state index contributed by atoms with van der Waals surface area (Å²) in [5.41, 5.74) is 9.37. The van der Waals surface area contributed by atoms with Crippen molar-refractivity contribution < 1.29 is 32.3 Å². The van der Waals surface area contributed by atoms with Gasteiger partial charge >= 0.3 is 0 Å². The number of sulfonamides is 1. The monoisotopic (exact) mass is 999 g/mol. The normalized spacial score (nSPS) is 15.2. The van der Waals surface area contributed by atoms with E-state index in [2.05, 4.69) is 14.9 Å². The lowest BCUT2D eigenvalue weighted by Gasteiger charge is -2.27. The van der Waals surface area contributed by atoms with Crippen LogP contribution in [0.4, 0.5) is 0 Å². The van der Waals surface area contributed by atoms with Crippen molar-refractivity contribution in [2.45, 2.75) is 57.1 Å². The van der Waals surface area contributed by atoms with Crippen molar-refractivity contribution in [3.05, 3.63) is 151 Å². The molecule has 8 rings (SSSR count). The van der Waals surface area contributed by atoms with Gasteiger partial charge in [-0.1, -0.05) is 90.6 Å². The summed E-state index contributed by atoms with van der Waals surface area (Å²) >= 11 is 19.5. The van der Waals surface area contributed by atoms with Gasteiger partial charge in [-0.3, -0.25) is 19.3 Å². The van der Waals surface area contributed by atoms with Crippen molar-refractivity contribution in [3.63, 3.8) is 0 Å². The molecule has 356 valence electrons. The number of carbonyl (C=O) groups excluding carboxylic acids is 3. The Kier molecular flexibility index (Phi) is 15.5. The second-order valence-corrected chi connectivity index (χ2v) is 19.8. The summed E-state index contributed by atoms with van der Waals surface area (Å²) in [6, 6.07) is 24.8. The lowest BCUT2D eigenvalue weighted by Crippen LogP contribution is -2.41. The maximum atomic E-state index is 15.0. The molecule has 2 aliphatic rings. The average molecular weight is 1000 g/mol. The number of halogens is 3. The van der Waals surface area contributed by atoms with Gasteiger partial charge < -0.3 is 25.4 Å². The highest BCUT2D eigenvalue weighted by atomic mass is 35.5. The van der Waals surface area contributed by atoms with Gasteiger partial charge in [0.2, 0.25) is 0 Å². The highest BCUT2D eigenvalue weighted by molar-refractivity contribution is 7.90. The summed E-state index contributed by atoms with van der Waals surface area (Å²) in [7, 11) is -4.45. The fraction of sp³-hybridized carbons (Fsp3) is 0.320. The Balaban J connectivity index is 1.13. The largest absolute Gasteiger partial charge is 0.492 e. The summed E-state index contributed by atoms with van der Waals surface area (Å²) in [5.74, 6) is -1.36. The molecule has 1 fully saturated rings.